The smallest absolute Gasteiger partial charge is 0.478 e. The molecule has 0 atom stereocenters. The van der Waals surface area contributed by atoms with Crippen molar-refractivity contribution in [2.24, 2.45) is 15.4 Å². The third kappa shape index (κ3) is 2.89. The van der Waals surface area contributed by atoms with Crippen molar-refractivity contribution in [3.63, 3.8) is 0 Å². The zero-order valence-corrected chi connectivity index (χ0v) is 12.9. The molecule has 0 fully saturated rings. The van der Waals surface area contributed by atoms with Crippen molar-refractivity contribution in [3.8, 4) is 0 Å². The molecule has 0 unspecified atom stereocenters. The Kier molecular flexibility index (Phi) is 3.91. The number of ether oxygens (including phenoxy) is 2. The molecule has 106 valence electrons. The molecule has 0 amide bonds. The van der Waals surface area contributed by atoms with Crippen LogP contribution in [0.2, 0.25) is 0 Å². The maximum absolute atomic E-state index is 5.70. The van der Waals surface area contributed by atoms with Crippen LogP contribution in [0.3, 0.4) is 0 Å². The molecule has 0 aromatic rings. The van der Waals surface area contributed by atoms with Crippen LogP contribution in [0.5, 0.6) is 0 Å². The summed E-state index contributed by atoms with van der Waals surface area (Å²) in [6.45, 7) is 13.6. The van der Waals surface area contributed by atoms with Gasteiger partial charge in [0.15, 0.2) is 11.8 Å². The van der Waals surface area contributed by atoms with Crippen LogP contribution in [0, 0.1) is 5.41 Å². The average molecular weight is 302 g/mol. The predicted octanol–water partition coefficient (Wildman–Crippen LogP) is 2.42. The Morgan fingerprint density at radius 3 is 1.44 bits per heavy atom. The normalized spacial score (nSPS) is 24.6. The summed E-state index contributed by atoms with van der Waals surface area (Å²) >= 11 is 0. The standard InChI is InChI=1S/C13H22N2O2.Cu/c1-11(2)7-16-9(14-11)13(5,6)10-15-12(3,4)8-17-10;/h7-8H2,1-6H3;/q;+1. The second kappa shape index (κ2) is 4.53. The van der Waals surface area contributed by atoms with Gasteiger partial charge in [0.25, 0.3) is 0 Å². The Labute approximate surface area is 120 Å². The molecular formula is C13H22CuN2O2+. The first-order valence-electron chi connectivity index (χ1n) is 6.09. The molecule has 0 saturated heterocycles. The van der Waals surface area contributed by atoms with Gasteiger partial charge in [-0.15, -0.1) is 0 Å². The molecule has 0 radical (unpaired) electrons. The Balaban J connectivity index is 0.00000162. The third-order valence-electron chi connectivity index (χ3n) is 3.00. The second-order valence-corrected chi connectivity index (χ2v) is 6.66. The van der Waals surface area contributed by atoms with Crippen molar-refractivity contribution >= 4 is 11.8 Å². The third-order valence-corrected chi connectivity index (χ3v) is 3.00. The van der Waals surface area contributed by atoms with Gasteiger partial charge in [-0.25, -0.2) is 9.98 Å². The van der Waals surface area contributed by atoms with Gasteiger partial charge < -0.3 is 9.47 Å². The van der Waals surface area contributed by atoms with Crippen LogP contribution >= 0.6 is 0 Å². The van der Waals surface area contributed by atoms with E-state index in [2.05, 4.69) is 37.7 Å². The minimum absolute atomic E-state index is 0. The molecule has 0 aromatic heterocycles. The second-order valence-electron chi connectivity index (χ2n) is 6.66. The molecular weight excluding hydrogens is 280 g/mol. The number of rotatable bonds is 2. The van der Waals surface area contributed by atoms with Crippen LogP contribution < -0.4 is 0 Å². The quantitative estimate of drug-likeness (QED) is 0.735. The molecule has 2 heterocycles. The summed E-state index contributed by atoms with van der Waals surface area (Å²) in [5.41, 5.74) is -0.649. The van der Waals surface area contributed by atoms with Crippen LogP contribution in [0.1, 0.15) is 41.5 Å². The van der Waals surface area contributed by atoms with E-state index in [4.69, 9.17) is 9.47 Å². The summed E-state index contributed by atoms with van der Waals surface area (Å²) in [6, 6.07) is 0. The summed E-state index contributed by atoms with van der Waals surface area (Å²) in [5.74, 6) is 1.47. The van der Waals surface area contributed by atoms with E-state index in [0.717, 1.165) is 11.8 Å². The molecule has 5 heteroatoms. The van der Waals surface area contributed by atoms with Gasteiger partial charge >= 0.3 is 17.1 Å². The fourth-order valence-corrected chi connectivity index (χ4v) is 1.90. The van der Waals surface area contributed by atoms with Gasteiger partial charge in [0, 0.05) is 0 Å². The van der Waals surface area contributed by atoms with E-state index >= 15 is 0 Å². The summed E-state index contributed by atoms with van der Waals surface area (Å²) in [4.78, 5) is 9.24. The summed E-state index contributed by atoms with van der Waals surface area (Å²) in [6.07, 6.45) is 0. The zero-order chi connectivity index (χ0) is 12.9. The molecule has 4 nitrogen and oxygen atoms in total. The van der Waals surface area contributed by atoms with Crippen molar-refractivity contribution in [1.29, 1.82) is 0 Å². The van der Waals surface area contributed by atoms with Crippen molar-refractivity contribution in [1.82, 2.24) is 0 Å². The first-order valence-corrected chi connectivity index (χ1v) is 6.09. The minimum atomic E-state index is -0.373. The molecule has 18 heavy (non-hydrogen) atoms. The van der Waals surface area contributed by atoms with Crippen LogP contribution in [0.15, 0.2) is 9.98 Å². The fourth-order valence-electron chi connectivity index (χ4n) is 1.90. The summed E-state index contributed by atoms with van der Waals surface area (Å²) < 4.78 is 11.4. The number of nitrogens with zero attached hydrogens (tertiary/aromatic N) is 2. The molecule has 0 bridgehead atoms. The molecule has 0 saturated carbocycles. The van der Waals surface area contributed by atoms with Crippen molar-refractivity contribution in [3.05, 3.63) is 0 Å². The first-order chi connectivity index (χ1) is 7.62. The molecule has 0 aromatic carbocycles. The summed E-state index contributed by atoms with van der Waals surface area (Å²) in [5, 5.41) is 0. The van der Waals surface area contributed by atoms with E-state index < -0.39 is 0 Å². The van der Waals surface area contributed by atoms with Gasteiger partial charge in [0.1, 0.15) is 18.6 Å². The zero-order valence-electron chi connectivity index (χ0n) is 11.9. The molecule has 2 aliphatic rings. The molecule has 2 rings (SSSR count). The Morgan fingerprint density at radius 2 is 1.22 bits per heavy atom. The van der Waals surface area contributed by atoms with Gasteiger partial charge in [-0.2, -0.15) is 0 Å². The van der Waals surface area contributed by atoms with Crippen LogP contribution in [0.25, 0.3) is 0 Å². The largest absolute Gasteiger partial charge is 1.00 e. The number of hydrogen-bond donors (Lipinski definition) is 0. The van der Waals surface area contributed by atoms with Crippen molar-refractivity contribution in [2.45, 2.75) is 52.6 Å². The first kappa shape index (κ1) is 15.5. The molecule has 2 aliphatic heterocycles. The average Bonchev–Trinajstić information content (AvgIpc) is 2.69. The van der Waals surface area contributed by atoms with E-state index in [9.17, 15) is 0 Å². The summed E-state index contributed by atoms with van der Waals surface area (Å²) in [7, 11) is 0. The number of hydrogen-bond acceptors (Lipinski definition) is 4. The van der Waals surface area contributed by atoms with E-state index in [0.29, 0.717) is 13.2 Å². The van der Waals surface area contributed by atoms with E-state index in [1.165, 1.54) is 0 Å². The van der Waals surface area contributed by atoms with Crippen molar-refractivity contribution < 1.29 is 26.5 Å². The Bertz CT molecular complexity index is 362. The van der Waals surface area contributed by atoms with Gasteiger partial charge in [-0.3, -0.25) is 0 Å². The monoisotopic (exact) mass is 301 g/mol. The minimum Gasteiger partial charge on any atom is -0.478 e. The van der Waals surface area contributed by atoms with Crippen LogP contribution in [0.4, 0.5) is 0 Å². The van der Waals surface area contributed by atoms with Gasteiger partial charge in [-0.05, 0) is 41.5 Å². The fraction of sp³-hybridized carbons (Fsp3) is 0.846. The van der Waals surface area contributed by atoms with Crippen molar-refractivity contribution in [2.75, 3.05) is 13.2 Å². The van der Waals surface area contributed by atoms with E-state index in [1.54, 1.807) is 0 Å². The Hall–Kier alpha value is -0.541. The maximum atomic E-state index is 5.70. The SMILES string of the molecule is CC1(C)COC(C(C)(C)C2=NC(C)(C)CO2)=N1.[Cu+]. The van der Waals surface area contributed by atoms with E-state index in [1.807, 2.05) is 13.8 Å². The number of aliphatic imine (C=N–C) groups is 2. The van der Waals surface area contributed by atoms with Gasteiger partial charge in [0.05, 0.1) is 11.1 Å². The molecule has 0 aliphatic carbocycles. The van der Waals surface area contributed by atoms with Crippen LogP contribution in [-0.4, -0.2) is 36.1 Å². The van der Waals surface area contributed by atoms with Gasteiger partial charge in [0.2, 0.25) is 0 Å². The Morgan fingerprint density at radius 1 is 0.889 bits per heavy atom. The topological polar surface area (TPSA) is 43.2 Å². The predicted molar refractivity (Wildman–Crippen MR) is 68.7 cm³/mol. The van der Waals surface area contributed by atoms with E-state index in [-0.39, 0.29) is 33.6 Å². The van der Waals surface area contributed by atoms with Gasteiger partial charge in [-0.1, -0.05) is 0 Å². The molecule has 0 N–H and O–H groups in total. The maximum Gasteiger partial charge on any atom is 1.00 e. The van der Waals surface area contributed by atoms with Crippen LogP contribution in [-0.2, 0) is 26.5 Å². The molecule has 0 spiro atoms.